The van der Waals surface area contributed by atoms with Gasteiger partial charge in [-0.05, 0) is 31.2 Å². The number of nitrogens with zero attached hydrogens (tertiary/aromatic N) is 2. The van der Waals surface area contributed by atoms with Crippen LogP contribution in [0.25, 0.3) is 16.7 Å². The number of H-pyrrole nitrogens is 1. The first kappa shape index (κ1) is 19.7. The van der Waals surface area contributed by atoms with E-state index >= 15 is 0 Å². The highest BCUT2D eigenvalue weighted by Gasteiger charge is 2.49. The molecule has 0 aliphatic carbocycles. The third-order valence-electron chi connectivity index (χ3n) is 6.27. The first-order valence-electron chi connectivity index (χ1n) is 10.7. The third-order valence-corrected chi connectivity index (χ3v) is 6.27. The number of para-hydroxylation sites is 1. The van der Waals surface area contributed by atoms with Gasteiger partial charge in [-0.1, -0.05) is 18.2 Å². The number of benzene rings is 2. The van der Waals surface area contributed by atoms with E-state index in [1.807, 2.05) is 24.3 Å². The van der Waals surface area contributed by atoms with Gasteiger partial charge in [-0.3, -0.25) is 14.5 Å². The summed E-state index contributed by atoms with van der Waals surface area (Å²) < 4.78 is 17.3. The lowest BCUT2D eigenvalue weighted by Gasteiger charge is -2.37. The quantitative estimate of drug-likeness (QED) is 0.636. The van der Waals surface area contributed by atoms with Gasteiger partial charge in [0.25, 0.3) is 5.91 Å². The molecule has 2 atom stereocenters. The van der Waals surface area contributed by atoms with Crippen LogP contribution in [0.3, 0.4) is 0 Å². The fourth-order valence-corrected chi connectivity index (χ4v) is 4.52. The summed E-state index contributed by atoms with van der Waals surface area (Å²) in [5, 5.41) is 10.5. The smallest absolute Gasteiger partial charge is 0.275 e. The maximum atomic E-state index is 13.6. The van der Waals surface area contributed by atoms with Crippen LogP contribution in [0.2, 0.25) is 0 Å². The predicted octanol–water partition coefficient (Wildman–Crippen LogP) is 2.35. The molecule has 1 fully saturated rings. The summed E-state index contributed by atoms with van der Waals surface area (Å²) in [6, 6.07) is 12.5. The van der Waals surface area contributed by atoms with Crippen LogP contribution < -0.4 is 9.47 Å². The molecule has 3 aromatic rings. The van der Waals surface area contributed by atoms with E-state index in [9.17, 15) is 14.7 Å². The molecular weight excluding hydrogens is 426 g/mol. The molecule has 0 spiro atoms. The maximum absolute atomic E-state index is 13.6. The first-order valence-corrected chi connectivity index (χ1v) is 10.7. The Morgan fingerprint density at radius 3 is 2.82 bits per heavy atom. The summed E-state index contributed by atoms with van der Waals surface area (Å²) in [5.41, 5.74) is 2.40. The molecule has 168 valence electrons. The normalized spacial score (nSPS) is 20.5. The second-order valence-electron chi connectivity index (χ2n) is 8.24. The molecule has 1 saturated heterocycles. The number of nitrogens with one attached hydrogen (secondary N) is 1. The average Bonchev–Trinajstić information content (AvgIpc) is 3.56. The van der Waals surface area contributed by atoms with Crippen LogP contribution in [0.1, 0.15) is 24.3 Å². The average molecular weight is 447 g/mol. The Hall–Kier alpha value is -3.98. The summed E-state index contributed by atoms with van der Waals surface area (Å²) in [5.74, 6) is 0.848. The Labute approximate surface area is 188 Å². The van der Waals surface area contributed by atoms with E-state index in [-0.39, 0.29) is 37.5 Å². The summed E-state index contributed by atoms with van der Waals surface area (Å²) in [4.78, 5) is 32.9. The van der Waals surface area contributed by atoms with E-state index < -0.39 is 12.3 Å². The van der Waals surface area contributed by atoms with Gasteiger partial charge in [-0.15, -0.1) is 0 Å². The molecule has 3 aliphatic rings. The van der Waals surface area contributed by atoms with Crippen molar-refractivity contribution in [2.24, 2.45) is 0 Å². The van der Waals surface area contributed by atoms with Crippen molar-refractivity contribution in [2.45, 2.75) is 19.2 Å². The van der Waals surface area contributed by atoms with Gasteiger partial charge in [0.05, 0.1) is 12.6 Å². The molecule has 2 aromatic carbocycles. The number of aromatic amines is 1. The van der Waals surface area contributed by atoms with E-state index in [1.165, 1.54) is 9.80 Å². The van der Waals surface area contributed by atoms with Crippen molar-refractivity contribution >= 4 is 28.5 Å². The van der Waals surface area contributed by atoms with Gasteiger partial charge in [0, 0.05) is 28.2 Å². The van der Waals surface area contributed by atoms with E-state index in [0.717, 1.165) is 10.9 Å². The van der Waals surface area contributed by atoms with Gasteiger partial charge in [-0.25, -0.2) is 0 Å². The molecule has 2 N–H and O–H groups in total. The van der Waals surface area contributed by atoms with E-state index in [0.29, 0.717) is 28.4 Å². The first-order chi connectivity index (χ1) is 16.1. The Morgan fingerprint density at radius 2 is 1.97 bits per heavy atom. The van der Waals surface area contributed by atoms with Crippen molar-refractivity contribution in [2.75, 3.05) is 19.9 Å². The number of piperazine rings is 1. The molecule has 0 bridgehead atoms. The van der Waals surface area contributed by atoms with Crippen molar-refractivity contribution in [1.29, 1.82) is 0 Å². The Balaban J connectivity index is 1.51. The number of hydrogen-bond donors (Lipinski definition) is 2. The van der Waals surface area contributed by atoms with Crippen molar-refractivity contribution in [3.8, 4) is 11.5 Å². The summed E-state index contributed by atoms with van der Waals surface area (Å²) in [7, 11) is 0. The monoisotopic (exact) mass is 447 g/mol. The number of carbonyl (C=O) groups excluding carboxylic acids is 2. The number of aliphatic hydroxyl groups excluding tert-OH is 1. The highest BCUT2D eigenvalue weighted by Crippen LogP contribution is 2.46. The van der Waals surface area contributed by atoms with Crippen molar-refractivity contribution in [1.82, 2.24) is 14.8 Å². The van der Waals surface area contributed by atoms with Crippen LogP contribution in [0, 0.1) is 0 Å². The molecule has 9 nitrogen and oxygen atoms in total. The number of aliphatic hydroxyl groups is 1. The van der Waals surface area contributed by atoms with Crippen molar-refractivity contribution in [3.63, 3.8) is 0 Å². The summed E-state index contributed by atoms with van der Waals surface area (Å²) >= 11 is 0. The second-order valence-corrected chi connectivity index (χ2v) is 8.24. The topological polar surface area (TPSA) is 104 Å². The number of carbonyl (C=O) groups is 2. The van der Waals surface area contributed by atoms with Crippen LogP contribution in [-0.2, 0) is 14.3 Å². The van der Waals surface area contributed by atoms with Gasteiger partial charge in [0.1, 0.15) is 6.54 Å². The highest BCUT2D eigenvalue weighted by atomic mass is 16.7. The van der Waals surface area contributed by atoms with Crippen LogP contribution in [0.5, 0.6) is 11.5 Å². The van der Waals surface area contributed by atoms with Crippen LogP contribution >= 0.6 is 0 Å². The Bertz CT molecular complexity index is 1330. The third kappa shape index (κ3) is 2.89. The number of fused-ring (bicyclic) bond motifs is 3. The molecule has 3 aliphatic heterocycles. The lowest BCUT2D eigenvalue weighted by Crippen LogP contribution is -2.55. The highest BCUT2D eigenvalue weighted by molar-refractivity contribution is 6.10. The molecule has 0 radical (unpaired) electrons. The Kier molecular flexibility index (Phi) is 4.34. The summed E-state index contributed by atoms with van der Waals surface area (Å²) in [6.45, 7) is 1.44. The second kappa shape index (κ2) is 7.28. The number of aromatic nitrogens is 1. The van der Waals surface area contributed by atoms with Crippen molar-refractivity contribution in [3.05, 3.63) is 65.5 Å². The Morgan fingerprint density at radius 1 is 1.15 bits per heavy atom. The molecule has 9 heteroatoms. The largest absolute Gasteiger partial charge is 0.463 e. The van der Waals surface area contributed by atoms with Crippen LogP contribution in [0.4, 0.5) is 0 Å². The van der Waals surface area contributed by atoms with Crippen LogP contribution in [-0.4, -0.2) is 57.7 Å². The zero-order valence-corrected chi connectivity index (χ0v) is 17.8. The van der Waals surface area contributed by atoms with Crippen LogP contribution in [0.15, 0.2) is 54.4 Å². The van der Waals surface area contributed by atoms with Gasteiger partial charge in [-0.2, -0.15) is 0 Å². The maximum Gasteiger partial charge on any atom is 0.275 e. The zero-order valence-electron chi connectivity index (χ0n) is 17.8. The molecule has 1 unspecified atom stereocenters. The number of hydrogen-bond acceptors (Lipinski definition) is 6. The van der Waals surface area contributed by atoms with Gasteiger partial charge in [0.2, 0.25) is 18.9 Å². The minimum absolute atomic E-state index is 0.129. The molecule has 4 heterocycles. The fourth-order valence-electron chi connectivity index (χ4n) is 4.52. The van der Waals surface area contributed by atoms with Gasteiger partial charge in [0.15, 0.2) is 23.0 Å². The van der Waals surface area contributed by atoms with Gasteiger partial charge >= 0.3 is 0 Å². The summed E-state index contributed by atoms with van der Waals surface area (Å²) in [6.07, 6.45) is 0.945. The SMILES string of the molecule is CC(CO)N1CC(=O)N2C(=C(c3c[nH]c4ccccc34)O[C@H]2c2ccc3c(c2)OCO3)C1=O. The number of rotatable bonds is 4. The molecule has 6 rings (SSSR count). The molecule has 33 heavy (non-hydrogen) atoms. The fraction of sp³-hybridized carbons (Fsp3) is 0.250. The lowest BCUT2D eigenvalue weighted by molar-refractivity contribution is -0.151. The van der Waals surface area contributed by atoms with E-state index in [4.69, 9.17) is 14.2 Å². The van der Waals surface area contributed by atoms with E-state index in [1.54, 1.807) is 31.3 Å². The molecule has 1 aromatic heterocycles. The van der Waals surface area contributed by atoms with E-state index in [2.05, 4.69) is 4.98 Å². The number of amides is 2. The minimum Gasteiger partial charge on any atom is -0.463 e. The molecule has 0 saturated carbocycles. The molecular formula is C24H21N3O6. The number of ether oxygens (including phenoxy) is 3. The van der Waals surface area contributed by atoms with Crippen molar-refractivity contribution < 1.29 is 28.9 Å². The minimum atomic E-state index is -0.832. The standard InChI is InChI=1S/C24H21N3O6/c1-13(11-28)26-10-20(29)27-21(23(26)30)22(16-9-25-17-5-3-2-4-15(16)17)33-24(27)14-6-7-18-19(8-14)32-12-31-18/h2-9,13,24-25,28H,10-12H2,1H3/t13?,24-/m0/s1. The lowest BCUT2D eigenvalue weighted by atomic mass is 10.1. The van der Waals surface area contributed by atoms with Gasteiger partial charge < -0.3 is 29.2 Å². The predicted molar refractivity (Wildman–Crippen MR) is 117 cm³/mol. The zero-order chi connectivity index (χ0) is 22.7. The molecule has 2 amide bonds.